The number of carbonyl (C=O) groups is 1. The highest BCUT2D eigenvalue weighted by atomic mass is 79.9. The average molecular weight is 317 g/mol. The second-order valence-electron chi connectivity index (χ2n) is 4.45. The van der Waals surface area contributed by atoms with Crippen molar-refractivity contribution in [2.45, 2.75) is 5.67 Å². The molecule has 0 radical (unpaired) electrons. The zero-order valence-corrected chi connectivity index (χ0v) is 11.5. The average Bonchev–Trinajstić information content (AvgIpc) is 2.44. The Bertz CT molecular complexity index is 678. The van der Waals surface area contributed by atoms with Crippen LogP contribution < -0.4 is 0 Å². The number of carbonyl (C=O) groups excluding carboxylic acids is 1. The molecule has 0 aromatic heterocycles. The highest BCUT2D eigenvalue weighted by Crippen LogP contribution is 2.41. The van der Waals surface area contributed by atoms with Crippen molar-refractivity contribution in [3.63, 3.8) is 0 Å². The van der Waals surface area contributed by atoms with Crippen LogP contribution in [0.2, 0.25) is 0 Å². The summed E-state index contributed by atoms with van der Waals surface area (Å²) in [6.07, 6.45) is 2.96. The molecule has 1 aliphatic rings. The first-order valence-electron chi connectivity index (χ1n) is 5.89. The Hall–Kier alpha value is -1.74. The molecule has 0 fully saturated rings. The van der Waals surface area contributed by atoms with Crippen LogP contribution in [0, 0.1) is 0 Å². The third-order valence-electron chi connectivity index (χ3n) is 3.31. The van der Waals surface area contributed by atoms with E-state index in [-0.39, 0.29) is 0 Å². The molecule has 0 bridgehead atoms. The number of alkyl halides is 1. The summed E-state index contributed by atoms with van der Waals surface area (Å²) in [6.45, 7) is 0. The van der Waals surface area contributed by atoms with Crippen LogP contribution in [0.1, 0.15) is 16.7 Å². The second kappa shape index (κ2) is 4.42. The van der Waals surface area contributed by atoms with Gasteiger partial charge in [0, 0.05) is 15.6 Å². The summed E-state index contributed by atoms with van der Waals surface area (Å²) in [6, 6.07) is 13.8. The molecule has 1 nitrogen and oxygen atoms in total. The number of rotatable bonds is 1. The third kappa shape index (κ3) is 1.85. The maximum Gasteiger partial charge on any atom is 0.223 e. The molecule has 3 heteroatoms. The number of ketones is 1. The van der Waals surface area contributed by atoms with E-state index in [0.29, 0.717) is 11.1 Å². The van der Waals surface area contributed by atoms with Gasteiger partial charge >= 0.3 is 0 Å². The van der Waals surface area contributed by atoms with Crippen molar-refractivity contribution < 1.29 is 9.18 Å². The van der Waals surface area contributed by atoms with Crippen molar-refractivity contribution in [1.82, 2.24) is 0 Å². The van der Waals surface area contributed by atoms with Crippen molar-refractivity contribution in [2.24, 2.45) is 0 Å². The summed E-state index contributed by atoms with van der Waals surface area (Å²) in [4.78, 5) is 12.1. The van der Waals surface area contributed by atoms with Crippen LogP contribution in [-0.2, 0) is 10.5 Å². The molecule has 0 aliphatic heterocycles. The van der Waals surface area contributed by atoms with Gasteiger partial charge in [0.2, 0.25) is 11.5 Å². The van der Waals surface area contributed by atoms with Crippen molar-refractivity contribution in [1.29, 1.82) is 0 Å². The Morgan fingerprint density at radius 1 is 1.00 bits per heavy atom. The predicted octanol–water partition coefficient (Wildman–Crippen LogP) is 4.26. The molecule has 94 valence electrons. The predicted molar refractivity (Wildman–Crippen MR) is 76.5 cm³/mol. The Balaban J connectivity index is 2.27. The van der Waals surface area contributed by atoms with Crippen LogP contribution >= 0.6 is 15.9 Å². The van der Waals surface area contributed by atoms with E-state index in [0.717, 1.165) is 10.0 Å². The first kappa shape index (κ1) is 12.3. The molecular formula is C16H10BrFO. The zero-order chi connectivity index (χ0) is 13.5. The van der Waals surface area contributed by atoms with Crippen LogP contribution in [-0.4, -0.2) is 5.78 Å². The molecule has 0 spiro atoms. The van der Waals surface area contributed by atoms with Gasteiger partial charge in [-0.1, -0.05) is 58.4 Å². The summed E-state index contributed by atoms with van der Waals surface area (Å²) in [5, 5.41) is 0. The van der Waals surface area contributed by atoms with Crippen molar-refractivity contribution in [3.8, 4) is 0 Å². The molecule has 1 unspecified atom stereocenters. The van der Waals surface area contributed by atoms with E-state index in [4.69, 9.17) is 0 Å². The molecular weight excluding hydrogens is 307 g/mol. The fraction of sp³-hybridized carbons (Fsp3) is 0.0625. The van der Waals surface area contributed by atoms with Gasteiger partial charge < -0.3 is 0 Å². The van der Waals surface area contributed by atoms with Crippen LogP contribution in [0.5, 0.6) is 0 Å². The summed E-state index contributed by atoms with van der Waals surface area (Å²) < 4.78 is 16.3. The molecule has 0 saturated heterocycles. The van der Waals surface area contributed by atoms with Crippen LogP contribution in [0.4, 0.5) is 4.39 Å². The molecule has 2 aromatic rings. The minimum atomic E-state index is -2.09. The van der Waals surface area contributed by atoms with E-state index >= 15 is 4.39 Å². The fourth-order valence-corrected chi connectivity index (χ4v) is 2.74. The highest BCUT2D eigenvalue weighted by molar-refractivity contribution is 9.10. The molecule has 1 atom stereocenters. The second-order valence-corrected chi connectivity index (χ2v) is 5.37. The largest absolute Gasteiger partial charge is 0.290 e. The molecule has 0 heterocycles. The minimum Gasteiger partial charge on any atom is -0.290 e. The van der Waals surface area contributed by atoms with Crippen LogP contribution in [0.25, 0.3) is 6.08 Å². The van der Waals surface area contributed by atoms with Gasteiger partial charge in [-0.15, -0.1) is 0 Å². The lowest BCUT2D eigenvalue weighted by Gasteiger charge is -2.28. The number of hydrogen-bond acceptors (Lipinski definition) is 1. The van der Waals surface area contributed by atoms with E-state index in [1.54, 1.807) is 48.5 Å². The van der Waals surface area contributed by atoms with E-state index in [1.165, 1.54) is 6.08 Å². The van der Waals surface area contributed by atoms with Gasteiger partial charge in [0.05, 0.1) is 0 Å². The number of fused-ring (bicyclic) bond motifs is 1. The lowest BCUT2D eigenvalue weighted by atomic mass is 9.79. The molecule has 3 rings (SSSR count). The van der Waals surface area contributed by atoms with Gasteiger partial charge in [0.25, 0.3) is 0 Å². The SMILES string of the molecule is O=C1C=Cc2cc(Br)ccc2C1(F)c1ccccc1. The first-order chi connectivity index (χ1) is 9.12. The summed E-state index contributed by atoms with van der Waals surface area (Å²) in [5.41, 5.74) is -0.603. The Morgan fingerprint density at radius 2 is 1.74 bits per heavy atom. The lowest BCUT2D eigenvalue weighted by molar-refractivity contribution is -0.123. The van der Waals surface area contributed by atoms with Crippen molar-refractivity contribution in [3.05, 3.63) is 75.8 Å². The van der Waals surface area contributed by atoms with Crippen molar-refractivity contribution >= 4 is 27.8 Å². The van der Waals surface area contributed by atoms with Gasteiger partial charge in [-0.25, -0.2) is 4.39 Å². The Kier molecular flexibility index (Phi) is 2.86. The standard InChI is InChI=1S/C16H10BrFO/c17-13-7-8-14-11(10-13)6-9-15(19)16(14,18)12-4-2-1-3-5-12/h1-10H. The summed E-state index contributed by atoms with van der Waals surface area (Å²) in [5.74, 6) is -0.534. The number of halogens is 2. The first-order valence-corrected chi connectivity index (χ1v) is 6.68. The van der Waals surface area contributed by atoms with Gasteiger partial charge in [0.15, 0.2) is 0 Å². The quantitative estimate of drug-likeness (QED) is 0.768. The topological polar surface area (TPSA) is 17.1 Å². The molecule has 19 heavy (non-hydrogen) atoms. The van der Waals surface area contributed by atoms with E-state index in [9.17, 15) is 4.79 Å². The minimum absolute atomic E-state index is 0.368. The van der Waals surface area contributed by atoms with Gasteiger partial charge in [-0.2, -0.15) is 0 Å². The normalized spacial score (nSPS) is 21.3. The van der Waals surface area contributed by atoms with E-state index in [2.05, 4.69) is 15.9 Å². The van der Waals surface area contributed by atoms with Crippen molar-refractivity contribution in [2.75, 3.05) is 0 Å². The highest BCUT2D eigenvalue weighted by Gasteiger charge is 2.43. The third-order valence-corrected chi connectivity index (χ3v) is 3.80. The number of allylic oxidation sites excluding steroid dienone is 1. The van der Waals surface area contributed by atoms with Gasteiger partial charge in [-0.3, -0.25) is 4.79 Å². The molecule has 1 aliphatic carbocycles. The molecule has 0 saturated carbocycles. The lowest BCUT2D eigenvalue weighted by Crippen LogP contribution is -2.33. The fourth-order valence-electron chi connectivity index (χ4n) is 2.36. The Labute approximate surface area is 118 Å². The molecule has 0 N–H and O–H groups in total. The van der Waals surface area contributed by atoms with E-state index < -0.39 is 11.5 Å². The summed E-state index contributed by atoms with van der Waals surface area (Å²) in [7, 11) is 0. The van der Waals surface area contributed by atoms with Gasteiger partial charge in [0.1, 0.15) is 0 Å². The zero-order valence-electron chi connectivity index (χ0n) is 9.94. The number of benzene rings is 2. The van der Waals surface area contributed by atoms with Gasteiger partial charge in [-0.05, 0) is 23.8 Å². The maximum absolute atomic E-state index is 15.4. The maximum atomic E-state index is 15.4. The smallest absolute Gasteiger partial charge is 0.223 e. The van der Waals surface area contributed by atoms with Crippen LogP contribution in [0.3, 0.4) is 0 Å². The number of hydrogen-bond donors (Lipinski definition) is 0. The van der Waals surface area contributed by atoms with E-state index in [1.807, 2.05) is 6.07 Å². The summed E-state index contributed by atoms with van der Waals surface area (Å²) >= 11 is 3.36. The van der Waals surface area contributed by atoms with Crippen LogP contribution in [0.15, 0.2) is 59.1 Å². The molecule has 0 amide bonds. The Morgan fingerprint density at radius 3 is 2.47 bits per heavy atom. The monoisotopic (exact) mass is 316 g/mol. The molecule has 2 aromatic carbocycles.